The van der Waals surface area contributed by atoms with E-state index in [1.165, 1.54) is 6.07 Å². The van der Waals surface area contributed by atoms with E-state index >= 15 is 0 Å². The van der Waals surface area contributed by atoms with Crippen molar-refractivity contribution in [3.63, 3.8) is 0 Å². The highest BCUT2D eigenvalue weighted by Gasteiger charge is 2.34. The Morgan fingerprint density at radius 3 is 2.49 bits per heavy atom. The zero-order chi connectivity index (χ0) is 30.2. The van der Waals surface area contributed by atoms with E-state index in [1.54, 1.807) is 42.5 Å². The average Bonchev–Trinajstić information content (AvgIpc) is 2.92. The Bertz CT molecular complexity index is 1390. The smallest absolute Gasteiger partial charge is 0.416 e. The lowest BCUT2D eigenvalue weighted by atomic mass is 9.81. The number of carboxylic acids is 1. The molecule has 0 heterocycles. The number of benzene rings is 2. The molecule has 2 N–H and O–H groups in total. The third-order valence-corrected chi connectivity index (χ3v) is 6.89. The zero-order valence-corrected chi connectivity index (χ0v) is 23.2. The third-order valence-electron chi connectivity index (χ3n) is 6.63. The van der Waals surface area contributed by atoms with Crippen molar-refractivity contribution in [2.24, 2.45) is 0 Å². The van der Waals surface area contributed by atoms with Gasteiger partial charge in [0.15, 0.2) is 0 Å². The number of unbranched alkanes of at least 4 members (excludes halogenated alkanes) is 1. The first-order valence-electron chi connectivity index (χ1n) is 13.1. The number of halogens is 4. The Hall–Kier alpha value is -4.03. The molecule has 0 spiro atoms. The second-order valence-corrected chi connectivity index (χ2v) is 10.2. The summed E-state index contributed by atoms with van der Waals surface area (Å²) in [5, 5.41) is 21.3. The highest BCUT2D eigenvalue weighted by molar-refractivity contribution is 6.30. The fourth-order valence-corrected chi connectivity index (χ4v) is 4.77. The van der Waals surface area contributed by atoms with Crippen LogP contribution < -0.4 is 10.1 Å². The summed E-state index contributed by atoms with van der Waals surface area (Å²) in [6.07, 6.45) is 0.394. The lowest BCUT2D eigenvalue weighted by Gasteiger charge is -2.33. The van der Waals surface area contributed by atoms with E-state index in [-0.39, 0.29) is 30.2 Å². The van der Waals surface area contributed by atoms with E-state index in [2.05, 4.69) is 11.9 Å². The van der Waals surface area contributed by atoms with Crippen molar-refractivity contribution in [2.75, 3.05) is 6.54 Å². The molecule has 1 unspecified atom stereocenters. The monoisotopic (exact) mass is 586 g/mol. The van der Waals surface area contributed by atoms with E-state index < -0.39 is 29.7 Å². The minimum atomic E-state index is -4.67. The van der Waals surface area contributed by atoms with Gasteiger partial charge in [-0.25, -0.2) is 0 Å². The Morgan fingerprint density at radius 2 is 1.90 bits per heavy atom. The van der Waals surface area contributed by atoms with Crippen molar-refractivity contribution < 1.29 is 32.6 Å². The highest BCUT2D eigenvalue weighted by Crippen LogP contribution is 2.40. The summed E-state index contributed by atoms with van der Waals surface area (Å²) in [5.74, 6) is -1.91. The van der Waals surface area contributed by atoms with Gasteiger partial charge < -0.3 is 15.2 Å². The molecule has 1 aliphatic rings. The van der Waals surface area contributed by atoms with Gasteiger partial charge in [0.2, 0.25) is 0 Å². The van der Waals surface area contributed by atoms with Crippen LogP contribution in [0, 0.1) is 11.3 Å². The van der Waals surface area contributed by atoms with Crippen LogP contribution in [-0.4, -0.2) is 29.6 Å². The molecule has 2 aromatic carbocycles. The maximum atomic E-state index is 13.6. The molecule has 0 fully saturated rings. The predicted octanol–water partition coefficient (Wildman–Crippen LogP) is 7.51. The highest BCUT2D eigenvalue weighted by atomic mass is 35.5. The van der Waals surface area contributed by atoms with Crippen LogP contribution in [0.1, 0.15) is 72.0 Å². The maximum Gasteiger partial charge on any atom is 0.416 e. The normalized spacial score (nSPS) is 14.8. The summed E-state index contributed by atoms with van der Waals surface area (Å²) >= 11 is 6.22. The number of amides is 1. The quantitative estimate of drug-likeness (QED) is 0.268. The van der Waals surface area contributed by atoms with Crippen molar-refractivity contribution in [2.45, 2.75) is 57.2 Å². The minimum absolute atomic E-state index is 0.0149. The molecule has 3 rings (SSSR count). The summed E-state index contributed by atoms with van der Waals surface area (Å²) < 4.78 is 47.2. The number of rotatable bonds is 12. The molecule has 0 saturated heterocycles. The zero-order valence-electron chi connectivity index (χ0n) is 22.4. The van der Waals surface area contributed by atoms with Crippen molar-refractivity contribution in [1.82, 2.24) is 5.32 Å². The Kier molecular flexibility index (Phi) is 10.8. The first kappa shape index (κ1) is 31.5. The van der Waals surface area contributed by atoms with Crippen molar-refractivity contribution >= 4 is 23.5 Å². The second kappa shape index (κ2) is 14.0. The molecule has 0 aromatic heterocycles. The number of ether oxygens (including phenoxy) is 1. The van der Waals surface area contributed by atoms with Gasteiger partial charge >= 0.3 is 12.1 Å². The van der Waals surface area contributed by atoms with Crippen molar-refractivity contribution in [3.8, 4) is 11.8 Å². The molecule has 0 bridgehead atoms. The van der Waals surface area contributed by atoms with E-state index in [4.69, 9.17) is 21.4 Å². The van der Waals surface area contributed by atoms with Gasteiger partial charge in [0, 0.05) is 29.5 Å². The van der Waals surface area contributed by atoms with Gasteiger partial charge in [-0.05, 0) is 59.5 Å². The largest absolute Gasteiger partial charge is 0.485 e. The molecule has 6 nitrogen and oxygen atoms in total. The number of carbonyl (C=O) groups is 2. The van der Waals surface area contributed by atoms with Crippen molar-refractivity contribution in [1.29, 1.82) is 5.26 Å². The van der Waals surface area contributed by atoms with Crippen LogP contribution in [0.25, 0.3) is 0 Å². The van der Waals surface area contributed by atoms with Crippen LogP contribution in [0.3, 0.4) is 0 Å². The van der Waals surface area contributed by atoms with Crippen LogP contribution >= 0.6 is 11.6 Å². The molecular weight excluding hydrogens is 557 g/mol. The van der Waals surface area contributed by atoms with E-state index in [0.717, 1.165) is 30.5 Å². The summed E-state index contributed by atoms with van der Waals surface area (Å²) in [5.41, 5.74) is 1.27. The van der Waals surface area contributed by atoms with Gasteiger partial charge in [-0.2, -0.15) is 18.4 Å². The van der Waals surface area contributed by atoms with Gasteiger partial charge in [-0.15, -0.1) is 0 Å². The molecule has 0 aliphatic heterocycles. The summed E-state index contributed by atoms with van der Waals surface area (Å²) in [4.78, 5) is 23.2. The standard InChI is InChI=1S/C31H30ClF3N2O4/c1-3-4-5-27(21-6-8-22(9-7-21)30(40)37-13-12-28(38)39)29(26-11-10-24(32)14-19(26)2)41-25-16-20(18-36)15-23(17-25)31(33,34)35/h6-11,15-17,27,29H,2-5,12-14H2,1H3,(H,37,40)(H,38,39)/t27?,29-/m0/s1. The molecule has 10 heteroatoms. The van der Waals surface area contributed by atoms with Crippen LogP contribution in [-0.2, 0) is 11.0 Å². The first-order chi connectivity index (χ1) is 19.4. The number of aliphatic carboxylic acids is 1. The Balaban J connectivity index is 2.04. The molecule has 2 aromatic rings. The van der Waals surface area contributed by atoms with E-state index in [9.17, 15) is 28.0 Å². The molecule has 41 heavy (non-hydrogen) atoms. The fourth-order valence-electron chi connectivity index (χ4n) is 4.55. The molecule has 0 radical (unpaired) electrons. The molecule has 1 aliphatic carbocycles. The number of nitrogens with one attached hydrogen (secondary N) is 1. The third kappa shape index (κ3) is 8.73. The lowest BCUT2D eigenvalue weighted by molar-refractivity contribution is -0.138. The number of carboxylic acid groups (broad SMARTS) is 1. The molecule has 2 atom stereocenters. The van der Waals surface area contributed by atoms with Gasteiger partial charge in [0.25, 0.3) is 5.91 Å². The number of allylic oxidation sites excluding steroid dienone is 3. The molecule has 1 amide bonds. The van der Waals surface area contributed by atoms with E-state index in [1.807, 2.05) is 6.92 Å². The summed E-state index contributed by atoms with van der Waals surface area (Å²) in [6, 6.07) is 11.4. The maximum absolute atomic E-state index is 13.6. The molecule has 0 saturated carbocycles. The fraction of sp³-hybridized carbons (Fsp3) is 0.323. The number of alkyl halides is 3. The average molecular weight is 587 g/mol. The van der Waals surface area contributed by atoms with Crippen LogP contribution in [0.2, 0.25) is 0 Å². The second-order valence-electron chi connectivity index (χ2n) is 9.68. The van der Waals surface area contributed by atoms with Gasteiger partial charge in [0.1, 0.15) is 11.9 Å². The van der Waals surface area contributed by atoms with Crippen molar-refractivity contribution in [3.05, 3.63) is 99.6 Å². The lowest BCUT2D eigenvalue weighted by Crippen LogP contribution is -2.30. The number of hydrogen-bond donors (Lipinski definition) is 2. The Morgan fingerprint density at radius 1 is 1.20 bits per heavy atom. The number of carbonyl (C=O) groups excluding carboxylic acids is 1. The van der Waals surface area contributed by atoms with E-state index in [0.29, 0.717) is 34.6 Å². The SMILES string of the molecule is C=C1CC(Cl)=CC=C1[C@H](Oc1cc(C#N)cc(C(F)(F)F)c1)C(CCCC)c1ccc(C(=O)NCCC(=O)O)cc1. The Labute approximate surface area is 241 Å². The summed E-state index contributed by atoms with van der Waals surface area (Å²) in [7, 11) is 0. The van der Waals surface area contributed by atoms with Gasteiger partial charge in [-0.1, -0.05) is 56.2 Å². The van der Waals surface area contributed by atoms with Crippen LogP contribution in [0.4, 0.5) is 13.2 Å². The predicted molar refractivity (Wildman–Crippen MR) is 150 cm³/mol. The first-order valence-corrected chi connectivity index (χ1v) is 13.4. The molecule has 216 valence electrons. The minimum Gasteiger partial charge on any atom is -0.485 e. The number of nitrogens with zero attached hydrogens (tertiary/aromatic N) is 1. The topological polar surface area (TPSA) is 99.4 Å². The number of hydrogen-bond acceptors (Lipinski definition) is 4. The van der Waals surface area contributed by atoms with Gasteiger partial charge in [0.05, 0.1) is 23.6 Å². The summed E-state index contributed by atoms with van der Waals surface area (Å²) in [6.45, 7) is 6.14. The van der Waals surface area contributed by atoms with Crippen LogP contribution in [0.5, 0.6) is 5.75 Å². The van der Waals surface area contributed by atoms with Gasteiger partial charge in [-0.3, -0.25) is 9.59 Å². The van der Waals surface area contributed by atoms with Crippen LogP contribution in [0.15, 0.2) is 77.4 Å². The number of nitriles is 1. The molecular formula is C31H30ClF3N2O4.